The molecule has 0 spiro atoms. The van der Waals surface area contributed by atoms with Gasteiger partial charge in [0, 0.05) is 13.1 Å². The molecule has 0 atom stereocenters. The Morgan fingerprint density at radius 3 is 2.78 bits per heavy atom. The lowest BCUT2D eigenvalue weighted by atomic mass is 10.1. The van der Waals surface area contributed by atoms with E-state index in [1.807, 2.05) is 6.92 Å². The molecule has 5 heteroatoms. The highest BCUT2D eigenvalue weighted by Gasteiger charge is 2.18. The summed E-state index contributed by atoms with van der Waals surface area (Å²) in [5.41, 5.74) is 5.70. The number of carbonyl (C=O) groups is 1. The van der Waals surface area contributed by atoms with E-state index in [0.29, 0.717) is 25.4 Å². The first-order valence-electron chi connectivity index (χ1n) is 6.00. The number of rotatable bonds is 6. The molecule has 100 valence electrons. The van der Waals surface area contributed by atoms with Gasteiger partial charge < -0.3 is 20.5 Å². The van der Waals surface area contributed by atoms with E-state index in [9.17, 15) is 9.90 Å². The molecule has 1 aromatic carbocycles. The number of ether oxygens (including phenoxy) is 1. The zero-order chi connectivity index (χ0) is 13.5. The normalized spacial score (nSPS) is 10.2. The number of amides is 1. The summed E-state index contributed by atoms with van der Waals surface area (Å²) in [6, 6.07) is 4.62. The van der Waals surface area contributed by atoms with Crippen molar-refractivity contribution in [3.63, 3.8) is 0 Å². The van der Waals surface area contributed by atoms with Crippen molar-refractivity contribution in [1.29, 1.82) is 0 Å². The van der Waals surface area contributed by atoms with Crippen molar-refractivity contribution in [2.24, 2.45) is 5.73 Å². The van der Waals surface area contributed by atoms with Crippen LogP contribution >= 0.6 is 0 Å². The van der Waals surface area contributed by atoms with Gasteiger partial charge in [0.2, 0.25) is 0 Å². The molecule has 5 nitrogen and oxygen atoms in total. The Morgan fingerprint density at radius 1 is 1.50 bits per heavy atom. The Bertz CT molecular complexity index is 407. The van der Waals surface area contributed by atoms with Gasteiger partial charge in [-0.25, -0.2) is 0 Å². The second-order valence-electron chi connectivity index (χ2n) is 3.91. The van der Waals surface area contributed by atoms with Crippen LogP contribution in [0.1, 0.15) is 23.7 Å². The standard InChI is InChI=1S/C13H20N2O3/c1-3-15(8-4-7-14)13(17)11-9-10(18-2)5-6-12(11)16/h5-6,9,16H,3-4,7-8,14H2,1-2H3. The maximum Gasteiger partial charge on any atom is 0.257 e. The van der Waals surface area contributed by atoms with Crippen molar-refractivity contribution < 1.29 is 14.6 Å². The Kier molecular flexibility index (Phi) is 5.45. The van der Waals surface area contributed by atoms with Gasteiger partial charge in [0.15, 0.2) is 0 Å². The van der Waals surface area contributed by atoms with Gasteiger partial charge in [0.1, 0.15) is 11.5 Å². The molecule has 0 heterocycles. The van der Waals surface area contributed by atoms with Crippen molar-refractivity contribution >= 4 is 5.91 Å². The fourth-order valence-electron chi connectivity index (χ4n) is 1.67. The molecule has 0 aromatic heterocycles. The van der Waals surface area contributed by atoms with Crippen molar-refractivity contribution in [2.75, 3.05) is 26.7 Å². The molecule has 0 bridgehead atoms. The summed E-state index contributed by atoms with van der Waals surface area (Å²) < 4.78 is 5.05. The SMILES string of the molecule is CCN(CCCN)C(=O)c1cc(OC)ccc1O. The van der Waals surface area contributed by atoms with Crippen LogP contribution in [0.25, 0.3) is 0 Å². The third-order valence-corrected chi connectivity index (χ3v) is 2.74. The highest BCUT2D eigenvalue weighted by Crippen LogP contribution is 2.24. The minimum Gasteiger partial charge on any atom is -0.507 e. The number of nitrogens with two attached hydrogens (primary N) is 1. The van der Waals surface area contributed by atoms with Gasteiger partial charge >= 0.3 is 0 Å². The van der Waals surface area contributed by atoms with Crippen LogP contribution in [0.15, 0.2) is 18.2 Å². The first-order chi connectivity index (χ1) is 8.63. The van der Waals surface area contributed by atoms with E-state index >= 15 is 0 Å². The van der Waals surface area contributed by atoms with E-state index in [4.69, 9.17) is 10.5 Å². The summed E-state index contributed by atoms with van der Waals surface area (Å²) in [6.45, 7) is 3.59. The summed E-state index contributed by atoms with van der Waals surface area (Å²) in [5.74, 6) is 0.306. The van der Waals surface area contributed by atoms with Crippen LogP contribution in [0, 0.1) is 0 Å². The van der Waals surface area contributed by atoms with Gasteiger partial charge in [-0.1, -0.05) is 0 Å². The van der Waals surface area contributed by atoms with E-state index in [0.717, 1.165) is 6.42 Å². The van der Waals surface area contributed by atoms with Gasteiger partial charge in [-0.3, -0.25) is 4.79 Å². The molecule has 0 aliphatic rings. The molecule has 0 saturated carbocycles. The molecule has 0 aliphatic heterocycles. The van der Waals surface area contributed by atoms with Crippen molar-refractivity contribution in [2.45, 2.75) is 13.3 Å². The molecule has 0 radical (unpaired) electrons. The van der Waals surface area contributed by atoms with Crippen LogP contribution < -0.4 is 10.5 Å². The van der Waals surface area contributed by atoms with Gasteiger partial charge in [0.25, 0.3) is 5.91 Å². The molecular formula is C13H20N2O3. The molecule has 18 heavy (non-hydrogen) atoms. The van der Waals surface area contributed by atoms with Crippen molar-refractivity contribution in [3.05, 3.63) is 23.8 Å². The number of phenolic OH excluding ortho intramolecular Hbond substituents is 1. The molecular weight excluding hydrogens is 232 g/mol. The van der Waals surface area contributed by atoms with Crippen LogP contribution in [-0.2, 0) is 0 Å². The monoisotopic (exact) mass is 252 g/mol. The Morgan fingerprint density at radius 2 is 2.22 bits per heavy atom. The van der Waals surface area contributed by atoms with Crippen LogP contribution in [0.3, 0.4) is 0 Å². The summed E-state index contributed by atoms with van der Waals surface area (Å²) in [7, 11) is 1.52. The number of hydrogen-bond acceptors (Lipinski definition) is 4. The number of benzene rings is 1. The largest absolute Gasteiger partial charge is 0.507 e. The fraction of sp³-hybridized carbons (Fsp3) is 0.462. The van der Waals surface area contributed by atoms with Gasteiger partial charge in [0.05, 0.1) is 12.7 Å². The fourth-order valence-corrected chi connectivity index (χ4v) is 1.67. The summed E-state index contributed by atoms with van der Waals surface area (Å²) in [4.78, 5) is 13.9. The van der Waals surface area contributed by atoms with Crippen LogP contribution in [0.4, 0.5) is 0 Å². The zero-order valence-corrected chi connectivity index (χ0v) is 10.8. The number of phenols is 1. The highest BCUT2D eigenvalue weighted by molar-refractivity contribution is 5.97. The van der Waals surface area contributed by atoms with Gasteiger partial charge in [-0.05, 0) is 38.1 Å². The summed E-state index contributed by atoms with van der Waals surface area (Å²) in [6.07, 6.45) is 0.740. The van der Waals surface area contributed by atoms with Gasteiger partial charge in [-0.2, -0.15) is 0 Å². The average Bonchev–Trinajstić information content (AvgIpc) is 2.40. The minimum atomic E-state index is -0.206. The van der Waals surface area contributed by atoms with E-state index in [2.05, 4.69) is 0 Å². The average molecular weight is 252 g/mol. The maximum absolute atomic E-state index is 12.2. The van der Waals surface area contributed by atoms with Crippen molar-refractivity contribution in [3.8, 4) is 11.5 Å². The second-order valence-corrected chi connectivity index (χ2v) is 3.91. The number of carbonyl (C=O) groups excluding carboxylic acids is 1. The molecule has 0 unspecified atom stereocenters. The molecule has 1 rings (SSSR count). The number of nitrogens with zero attached hydrogens (tertiary/aromatic N) is 1. The Labute approximate surface area is 107 Å². The van der Waals surface area contributed by atoms with E-state index < -0.39 is 0 Å². The molecule has 1 aromatic rings. The molecule has 0 fully saturated rings. The number of hydrogen-bond donors (Lipinski definition) is 2. The minimum absolute atomic E-state index is 0.0352. The van der Waals surface area contributed by atoms with E-state index in [1.165, 1.54) is 13.2 Å². The Balaban J connectivity index is 2.93. The maximum atomic E-state index is 12.2. The summed E-state index contributed by atoms with van der Waals surface area (Å²) in [5, 5.41) is 9.74. The third kappa shape index (κ3) is 3.37. The third-order valence-electron chi connectivity index (χ3n) is 2.74. The second kappa shape index (κ2) is 6.86. The topological polar surface area (TPSA) is 75.8 Å². The number of methoxy groups -OCH3 is 1. The molecule has 3 N–H and O–H groups in total. The predicted molar refractivity (Wildman–Crippen MR) is 69.9 cm³/mol. The first kappa shape index (κ1) is 14.3. The predicted octanol–water partition coefficient (Wildman–Crippen LogP) is 1.21. The quantitative estimate of drug-likeness (QED) is 0.798. The zero-order valence-electron chi connectivity index (χ0n) is 10.8. The molecule has 0 aliphatic carbocycles. The lowest BCUT2D eigenvalue weighted by molar-refractivity contribution is 0.0760. The summed E-state index contributed by atoms with van der Waals surface area (Å²) >= 11 is 0. The first-order valence-corrected chi connectivity index (χ1v) is 6.00. The van der Waals surface area contributed by atoms with E-state index in [1.54, 1.807) is 17.0 Å². The smallest absolute Gasteiger partial charge is 0.257 e. The van der Waals surface area contributed by atoms with Crippen LogP contribution in [0.5, 0.6) is 11.5 Å². The Hall–Kier alpha value is -1.75. The van der Waals surface area contributed by atoms with Crippen LogP contribution in [0.2, 0.25) is 0 Å². The van der Waals surface area contributed by atoms with E-state index in [-0.39, 0.29) is 17.2 Å². The number of aromatic hydroxyl groups is 1. The molecule has 0 saturated heterocycles. The van der Waals surface area contributed by atoms with Crippen LogP contribution in [-0.4, -0.2) is 42.7 Å². The van der Waals surface area contributed by atoms with Crippen molar-refractivity contribution in [1.82, 2.24) is 4.90 Å². The van der Waals surface area contributed by atoms with Gasteiger partial charge in [-0.15, -0.1) is 0 Å². The molecule has 1 amide bonds. The highest BCUT2D eigenvalue weighted by atomic mass is 16.5. The lowest BCUT2D eigenvalue weighted by Gasteiger charge is -2.21. The lowest BCUT2D eigenvalue weighted by Crippen LogP contribution is -2.32.